The Morgan fingerprint density at radius 3 is 1.73 bits per heavy atom. The molecule has 0 aliphatic heterocycles. The highest BCUT2D eigenvalue weighted by Crippen LogP contribution is 2.25. The topological polar surface area (TPSA) is 55.1 Å². The molecule has 4 heteroatoms. The molecule has 4 rings (SSSR count). The Bertz CT molecular complexity index is 1140. The maximum absolute atomic E-state index is 10.8. The quantitative estimate of drug-likeness (QED) is 0.348. The second kappa shape index (κ2) is 12.4. The van der Waals surface area contributed by atoms with Gasteiger partial charge in [0.25, 0.3) is 0 Å². The third-order valence-corrected chi connectivity index (χ3v) is 5.06. The molecule has 0 saturated carbocycles. The van der Waals surface area contributed by atoms with Gasteiger partial charge in [0.2, 0.25) is 0 Å². The summed E-state index contributed by atoms with van der Waals surface area (Å²) in [5, 5.41) is 8.89. The van der Waals surface area contributed by atoms with Crippen LogP contribution in [0.5, 0.6) is 0 Å². The van der Waals surface area contributed by atoms with Crippen molar-refractivity contribution in [3.63, 3.8) is 0 Å². The molecule has 2 aromatic carbocycles. The summed E-state index contributed by atoms with van der Waals surface area (Å²) in [5.41, 5.74) is 7.26. The molecule has 172 valence electrons. The van der Waals surface area contributed by atoms with Gasteiger partial charge in [0.15, 0.2) is 0 Å². The van der Waals surface area contributed by atoms with Crippen LogP contribution in [0, 0.1) is 13.8 Å². The van der Waals surface area contributed by atoms with Crippen molar-refractivity contribution in [1.82, 2.24) is 9.55 Å². The summed E-state index contributed by atoms with van der Waals surface area (Å²) in [4.78, 5) is 15.7. The van der Waals surface area contributed by atoms with E-state index in [-0.39, 0.29) is 6.42 Å². The average Bonchev–Trinajstić information content (AvgIpc) is 3.20. The van der Waals surface area contributed by atoms with Gasteiger partial charge in [-0.15, -0.1) is 0 Å². The van der Waals surface area contributed by atoms with Crippen molar-refractivity contribution in [2.75, 3.05) is 0 Å². The van der Waals surface area contributed by atoms with Crippen LogP contribution in [-0.2, 0) is 11.2 Å². The summed E-state index contributed by atoms with van der Waals surface area (Å²) in [6.45, 7) is 12.2. The second-order valence-electron chi connectivity index (χ2n) is 7.18. The number of hydrogen-bond donors (Lipinski definition) is 1. The number of aromatic nitrogens is 2. The van der Waals surface area contributed by atoms with Gasteiger partial charge in [-0.1, -0.05) is 82.3 Å². The van der Waals surface area contributed by atoms with E-state index in [1.54, 1.807) is 0 Å². The molecule has 0 atom stereocenters. The van der Waals surface area contributed by atoms with E-state index >= 15 is 0 Å². The zero-order chi connectivity index (χ0) is 24.4. The highest BCUT2D eigenvalue weighted by atomic mass is 16.4. The van der Waals surface area contributed by atoms with Crippen molar-refractivity contribution >= 4 is 5.97 Å². The molecule has 0 spiro atoms. The number of carboxylic acid groups (broad SMARTS) is 1. The fraction of sp³-hybridized carbons (Fsp3) is 0.241. The van der Waals surface area contributed by atoms with E-state index in [0.29, 0.717) is 0 Å². The van der Waals surface area contributed by atoms with Crippen molar-refractivity contribution in [3.05, 3.63) is 95.8 Å². The van der Waals surface area contributed by atoms with Gasteiger partial charge in [-0.2, -0.15) is 0 Å². The lowest BCUT2D eigenvalue weighted by Crippen LogP contribution is -2.02. The molecular weight excluding hydrogens is 408 g/mol. The Hall–Kier alpha value is -3.66. The van der Waals surface area contributed by atoms with Crippen molar-refractivity contribution in [2.24, 2.45) is 0 Å². The average molecular weight is 443 g/mol. The molecule has 0 aliphatic carbocycles. The SMILES string of the molecule is CC.CC.Cc1ccc(C)n1-c1cccc(-c2ccc(-c3ccc(CC(=O)O)cc3)cc2)n1. The largest absolute Gasteiger partial charge is 0.481 e. The Kier molecular flexibility index (Phi) is 9.62. The van der Waals surface area contributed by atoms with Crippen molar-refractivity contribution in [2.45, 2.75) is 48.0 Å². The monoisotopic (exact) mass is 442 g/mol. The highest BCUT2D eigenvalue weighted by molar-refractivity contribution is 5.72. The maximum atomic E-state index is 10.8. The molecule has 2 aromatic heterocycles. The lowest BCUT2D eigenvalue weighted by Gasteiger charge is -2.11. The zero-order valence-electron chi connectivity index (χ0n) is 20.5. The Balaban J connectivity index is 0.000000914. The summed E-state index contributed by atoms with van der Waals surface area (Å²) in [7, 11) is 0. The van der Waals surface area contributed by atoms with Gasteiger partial charge in [0, 0.05) is 17.0 Å². The van der Waals surface area contributed by atoms with E-state index in [1.165, 1.54) is 0 Å². The zero-order valence-corrected chi connectivity index (χ0v) is 20.5. The number of nitrogens with zero attached hydrogens (tertiary/aromatic N) is 2. The first kappa shape index (κ1) is 25.6. The molecule has 0 aliphatic rings. The van der Waals surface area contributed by atoms with Gasteiger partial charge in [0.05, 0.1) is 12.1 Å². The number of carbonyl (C=O) groups is 1. The summed E-state index contributed by atoms with van der Waals surface area (Å²) in [6, 6.07) is 26.2. The number of aryl methyl sites for hydroxylation is 2. The van der Waals surface area contributed by atoms with Crippen LogP contribution in [-0.4, -0.2) is 20.6 Å². The molecule has 0 fully saturated rings. The fourth-order valence-corrected chi connectivity index (χ4v) is 3.56. The van der Waals surface area contributed by atoms with Crippen LogP contribution in [0.1, 0.15) is 44.6 Å². The van der Waals surface area contributed by atoms with Crippen molar-refractivity contribution in [1.29, 1.82) is 0 Å². The Morgan fingerprint density at radius 1 is 0.727 bits per heavy atom. The smallest absolute Gasteiger partial charge is 0.307 e. The van der Waals surface area contributed by atoms with E-state index < -0.39 is 5.97 Å². The lowest BCUT2D eigenvalue weighted by atomic mass is 10.0. The molecular formula is C29H34N2O2. The summed E-state index contributed by atoms with van der Waals surface area (Å²) in [6.07, 6.45) is 0.0432. The Morgan fingerprint density at radius 2 is 1.21 bits per heavy atom. The number of aliphatic carboxylic acids is 1. The lowest BCUT2D eigenvalue weighted by molar-refractivity contribution is -0.136. The number of benzene rings is 2. The number of rotatable bonds is 5. The summed E-state index contributed by atoms with van der Waals surface area (Å²) >= 11 is 0. The highest BCUT2D eigenvalue weighted by Gasteiger charge is 2.08. The number of carboxylic acids is 1. The third-order valence-electron chi connectivity index (χ3n) is 5.06. The van der Waals surface area contributed by atoms with Gasteiger partial charge in [-0.3, -0.25) is 4.79 Å². The van der Waals surface area contributed by atoms with Crippen LogP contribution in [0.2, 0.25) is 0 Å². The van der Waals surface area contributed by atoms with Crippen LogP contribution in [0.25, 0.3) is 28.2 Å². The molecule has 4 aromatic rings. The molecule has 0 amide bonds. The number of hydrogen-bond acceptors (Lipinski definition) is 2. The maximum Gasteiger partial charge on any atom is 0.307 e. The first-order valence-electron chi connectivity index (χ1n) is 11.6. The minimum atomic E-state index is -0.817. The van der Waals surface area contributed by atoms with Gasteiger partial charge in [-0.05, 0) is 54.8 Å². The van der Waals surface area contributed by atoms with Gasteiger partial charge >= 0.3 is 5.97 Å². The number of pyridine rings is 1. The fourth-order valence-electron chi connectivity index (χ4n) is 3.56. The molecule has 0 saturated heterocycles. The first-order valence-corrected chi connectivity index (χ1v) is 11.6. The first-order chi connectivity index (χ1) is 16.0. The van der Waals surface area contributed by atoms with E-state index in [9.17, 15) is 4.79 Å². The second-order valence-corrected chi connectivity index (χ2v) is 7.18. The predicted molar refractivity (Wildman–Crippen MR) is 138 cm³/mol. The van der Waals surface area contributed by atoms with E-state index in [4.69, 9.17) is 10.1 Å². The predicted octanol–water partition coefficient (Wildman–Crippen LogP) is 7.50. The van der Waals surface area contributed by atoms with Crippen LogP contribution in [0.15, 0.2) is 78.9 Å². The Labute approximate surface area is 197 Å². The molecule has 0 radical (unpaired) electrons. The minimum Gasteiger partial charge on any atom is -0.481 e. The molecule has 1 N–H and O–H groups in total. The third kappa shape index (κ3) is 6.42. The molecule has 0 bridgehead atoms. The van der Waals surface area contributed by atoms with Crippen molar-refractivity contribution in [3.8, 4) is 28.2 Å². The van der Waals surface area contributed by atoms with Crippen LogP contribution < -0.4 is 0 Å². The van der Waals surface area contributed by atoms with Crippen LogP contribution in [0.4, 0.5) is 0 Å². The molecule has 33 heavy (non-hydrogen) atoms. The normalized spacial score (nSPS) is 9.88. The standard InChI is InChI=1S/C25H22N2O2.2C2H6/c1-17-6-7-18(2)27(17)24-5-3-4-23(26-24)22-14-12-21(13-15-22)20-10-8-19(9-11-20)16-25(28)29;2*1-2/h3-15H,16H2,1-2H3,(H,28,29);2*1-2H3. The van der Waals surface area contributed by atoms with Crippen molar-refractivity contribution < 1.29 is 9.90 Å². The molecule has 2 heterocycles. The van der Waals surface area contributed by atoms with E-state index in [0.717, 1.165) is 45.2 Å². The van der Waals surface area contributed by atoms with Gasteiger partial charge < -0.3 is 9.67 Å². The van der Waals surface area contributed by atoms with Crippen LogP contribution >= 0.6 is 0 Å². The summed E-state index contributed by atoms with van der Waals surface area (Å²) in [5.74, 6) is 0.0997. The van der Waals surface area contributed by atoms with Crippen LogP contribution in [0.3, 0.4) is 0 Å². The van der Waals surface area contributed by atoms with E-state index in [1.807, 2.05) is 70.2 Å². The molecule has 4 nitrogen and oxygen atoms in total. The van der Waals surface area contributed by atoms with Gasteiger partial charge in [-0.25, -0.2) is 4.98 Å². The van der Waals surface area contributed by atoms with E-state index in [2.05, 4.69) is 54.8 Å². The minimum absolute atomic E-state index is 0.0432. The summed E-state index contributed by atoms with van der Waals surface area (Å²) < 4.78 is 2.15. The van der Waals surface area contributed by atoms with Gasteiger partial charge in [0.1, 0.15) is 5.82 Å². The molecule has 0 unspecified atom stereocenters.